The molecule has 4 nitrogen and oxygen atoms in total. The van der Waals surface area contributed by atoms with Crippen LogP contribution >= 0.6 is 0 Å². The van der Waals surface area contributed by atoms with E-state index in [1.54, 1.807) is 0 Å². The standard InChI is InChI=1S/C15H21N3O/c1-11(2)18-15(19)6-7-16-10-12-3-4-14-13(9-12)5-8-17-14/h3-5,8-9,11,16-17H,6-7,10H2,1-2H3,(H,18,19). The molecule has 1 aromatic carbocycles. The number of rotatable bonds is 6. The summed E-state index contributed by atoms with van der Waals surface area (Å²) in [6, 6.07) is 8.61. The number of carbonyl (C=O) groups excluding carboxylic acids is 1. The molecule has 0 atom stereocenters. The van der Waals surface area contributed by atoms with Crippen LogP contribution in [0.25, 0.3) is 10.9 Å². The zero-order valence-corrected chi connectivity index (χ0v) is 11.5. The molecule has 102 valence electrons. The summed E-state index contributed by atoms with van der Waals surface area (Å²) in [4.78, 5) is 14.6. The van der Waals surface area contributed by atoms with Gasteiger partial charge in [0.15, 0.2) is 0 Å². The van der Waals surface area contributed by atoms with Gasteiger partial charge in [-0.25, -0.2) is 0 Å². The monoisotopic (exact) mass is 259 g/mol. The number of H-pyrrole nitrogens is 1. The Labute approximate surface area is 113 Å². The molecule has 0 saturated carbocycles. The second-order valence-corrected chi connectivity index (χ2v) is 5.05. The Kier molecular flexibility index (Phi) is 4.58. The van der Waals surface area contributed by atoms with Gasteiger partial charge in [-0.3, -0.25) is 4.79 Å². The number of carbonyl (C=O) groups is 1. The van der Waals surface area contributed by atoms with E-state index in [0.29, 0.717) is 13.0 Å². The predicted molar refractivity (Wildman–Crippen MR) is 77.9 cm³/mol. The molecule has 19 heavy (non-hydrogen) atoms. The number of aromatic nitrogens is 1. The predicted octanol–water partition coefficient (Wildman–Crippen LogP) is 2.17. The summed E-state index contributed by atoms with van der Waals surface area (Å²) in [5, 5.41) is 7.39. The van der Waals surface area contributed by atoms with Gasteiger partial charge in [-0.1, -0.05) is 6.07 Å². The van der Waals surface area contributed by atoms with E-state index in [1.165, 1.54) is 10.9 Å². The summed E-state index contributed by atoms with van der Waals surface area (Å²) in [7, 11) is 0. The van der Waals surface area contributed by atoms with Gasteiger partial charge in [0.1, 0.15) is 0 Å². The van der Waals surface area contributed by atoms with Gasteiger partial charge in [0.25, 0.3) is 0 Å². The van der Waals surface area contributed by atoms with Crippen LogP contribution in [-0.4, -0.2) is 23.5 Å². The third kappa shape index (κ3) is 4.10. The van der Waals surface area contributed by atoms with Gasteiger partial charge in [0, 0.05) is 37.3 Å². The highest BCUT2D eigenvalue weighted by Crippen LogP contribution is 2.13. The number of hydrogen-bond acceptors (Lipinski definition) is 2. The first-order valence-electron chi connectivity index (χ1n) is 6.71. The zero-order chi connectivity index (χ0) is 13.7. The first-order chi connectivity index (χ1) is 9.15. The molecule has 0 radical (unpaired) electrons. The molecule has 0 unspecified atom stereocenters. The van der Waals surface area contributed by atoms with Crippen molar-refractivity contribution >= 4 is 16.8 Å². The van der Waals surface area contributed by atoms with Crippen molar-refractivity contribution in [2.75, 3.05) is 6.54 Å². The van der Waals surface area contributed by atoms with Gasteiger partial charge >= 0.3 is 0 Å². The Bertz CT molecular complexity index is 545. The van der Waals surface area contributed by atoms with Crippen LogP contribution in [0, 0.1) is 0 Å². The van der Waals surface area contributed by atoms with Crippen LogP contribution in [0.2, 0.25) is 0 Å². The molecule has 0 aliphatic rings. The largest absolute Gasteiger partial charge is 0.361 e. The van der Waals surface area contributed by atoms with Crippen LogP contribution in [0.4, 0.5) is 0 Å². The molecule has 2 rings (SSSR count). The van der Waals surface area contributed by atoms with Crippen LogP contribution < -0.4 is 10.6 Å². The van der Waals surface area contributed by atoms with Gasteiger partial charge in [0.2, 0.25) is 5.91 Å². The molecule has 4 heteroatoms. The summed E-state index contributed by atoms with van der Waals surface area (Å²) in [6.07, 6.45) is 2.46. The molecular weight excluding hydrogens is 238 g/mol. The topological polar surface area (TPSA) is 56.9 Å². The normalized spacial score (nSPS) is 11.1. The molecule has 0 spiro atoms. The van der Waals surface area contributed by atoms with Crippen molar-refractivity contribution in [2.45, 2.75) is 32.9 Å². The van der Waals surface area contributed by atoms with E-state index in [0.717, 1.165) is 12.1 Å². The minimum Gasteiger partial charge on any atom is -0.361 e. The van der Waals surface area contributed by atoms with Crippen LogP contribution in [-0.2, 0) is 11.3 Å². The SMILES string of the molecule is CC(C)NC(=O)CCNCc1ccc2[nH]ccc2c1. The average Bonchev–Trinajstić information content (AvgIpc) is 2.81. The number of nitrogens with one attached hydrogen (secondary N) is 3. The molecule has 3 N–H and O–H groups in total. The molecule has 2 aromatic rings. The first-order valence-corrected chi connectivity index (χ1v) is 6.71. The van der Waals surface area contributed by atoms with Crippen LogP contribution in [0.15, 0.2) is 30.5 Å². The number of fused-ring (bicyclic) bond motifs is 1. The van der Waals surface area contributed by atoms with Crippen molar-refractivity contribution < 1.29 is 4.79 Å². The Morgan fingerprint density at radius 1 is 1.32 bits per heavy atom. The summed E-state index contributed by atoms with van der Waals surface area (Å²) in [5.74, 6) is 0.101. The van der Waals surface area contributed by atoms with E-state index >= 15 is 0 Å². The molecule has 1 amide bonds. The van der Waals surface area contributed by atoms with Crippen LogP contribution in [0.5, 0.6) is 0 Å². The van der Waals surface area contributed by atoms with E-state index in [2.05, 4.69) is 39.9 Å². The summed E-state index contributed by atoms with van der Waals surface area (Å²) >= 11 is 0. The van der Waals surface area contributed by atoms with Gasteiger partial charge in [-0.2, -0.15) is 0 Å². The molecule has 0 saturated heterocycles. The highest BCUT2D eigenvalue weighted by Gasteiger charge is 2.02. The maximum Gasteiger partial charge on any atom is 0.221 e. The summed E-state index contributed by atoms with van der Waals surface area (Å²) < 4.78 is 0. The molecule has 0 bridgehead atoms. The number of amides is 1. The van der Waals surface area contributed by atoms with E-state index in [4.69, 9.17) is 0 Å². The molecule has 0 aliphatic carbocycles. The van der Waals surface area contributed by atoms with Gasteiger partial charge in [0.05, 0.1) is 0 Å². The van der Waals surface area contributed by atoms with E-state index < -0.39 is 0 Å². The second kappa shape index (κ2) is 6.38. The average molecular weight is 259 g/mol. The quantitative estimate of drug-likeness (QED) is 0.696. The molecule has 0 aliphatic heterocycles. The van der Waals surface area contributed by atoms with Crippen molar-refractivity contribution in [3.8, 4) is 0 Å². The highest BCUT2D eigenvalue weighted by atomic mass is 16.1. The third-order valence-corrected chi connectivity index (χ3v) is 2.93. The number of hydrogen-bond donors (Lipinski definition) is 3. The Morgan fingerprint density at radius 2 is 2.16 bits per heavy atom. The fourth-order valence-electron chi connectivity index (χ4n) is 2.04. The number of aromatic amines is 1. The lowest BCUT2D eigenvalue weighted by Gasteiger charge is -2.09. The van der Waals surface area contributed by atoms with E-state index in [9.17, 15) is 4.79 Å². The van der Waals surface area contributed by atoms with Crippen molar-refractivity contribution in [1.82, 2.24) is 15.6 Å². The minimum atomic E-state index is 0.101. The van der Waals surface area contributed by atoms with Crippen LogP contribution in [0.1, 0.15) is 25.8 Å². The zero-order valence-electron chi connectivity index (χ0n) is 11.5. The van der Waals surface area contributed by atoms with Crippen molar-refractivity contribution in [2.24, 2.45) is 0 Å². The minimum absolute atomic E-state index is 0.101. The highest BCUT2D eigenvalue weighted by molar-refractivity contribution is 5.79. The number of benzene rings is 1. The Balaban J connectivity index is 1.74. The lowest BCUT2D eigenvalue weighted by atomic mass is 10.1. The van der Waals surface area contributed by atoms with E-state index in [1.807, 2.05) is 20.0 Å². The lowest BCUT2D eigenvalue weighted by molar-refractivity contribution is -0.121. The third-order valence-electron chi connectivity index (χ3n) is 2.93. The summed E-state index contributed by atoms with van der Waals surface area (Å²) in [6.45, 7) is 5.43. The smallest absolute Gasteiger partial charge is 0.221 e. The van der Waals surface area contributed by atoms with Crippen molar-refractivity contribution in [3.63, 3.8) is 0 Å². The first kappa shape index (κ1) is 13.6. The van der Waals surface area contributed by atoms with E-state index in [-0.39, 0.29) is 11.9 Å². The molecule has 1 aromatic heterocycles. The maximum atomic E-state index is 11.4. The van der Waals surface area contributed by atoms with Gasteiger partial charge in [-0.15, -0.1) is 0 Å². The maximum absolute atomic E-state index is 11.4. The van der Waals surface area contributed by atoms with Gasteiger partial charge < -0.3 is 15.6 Å². The fraction of sp³-hybridized carbons (Fsp3) is 0.400. The summed E-state index contributed by atoms with van der Waals surface area (Å²) in [5.41, 5.74) is 2.39. The molecule has 1 heterocycles. The van der Waals surface area contributed by atoms with Crippen LogP contribution in [0.3, 0.4) is 0 Å². The fourth-order valence-corrected chi connectivity index (χ4v) is 2.04. The Morgan fingerprint density at radius 3 is 2.95 bits per heavy atom. The van der Waals surface area contributed by atoms with Crippen molar-refractivity contribution in [1.29, 1.82) is 0 Å². The Hall–Kier alpha value is -1.81. The molecular formula is C15H21N3O. The van der Waals surface area contributed by atoms with Crippen molar-refractivity contribution in [3.05, 3.63) is 36.0 Å². The lowest BCUT2D eigenvalue weighted by Crippen LogP contribution is -2.32. The molecule has 0 fully saturated rings. The van der Waals surface area contributed by atoms with Gasteiger partial charge in [-0.05, 0) is 43.0 Å². The second-order valence-electron chi connectivity index (χ2n) is 5.05.